The number of benzene rings is 2. The second kappa shape index (κ2) is 10.5. The summed E-state index contributed by atoms with van der Waals surface area (Å²) < 4.78 is 22.6. The molecule has 2 aromatic rings. The van der Waals surface area contributed by atoms with Crippen LogP contribution >= 0.6 is 0 Å². The van der Waals surface area contributed by atoms with Crippen LogP contribution in [0.3, 0.4) is 0 Å². The van der Waals surface area contributed by atoms with Gasteiger partial charge in [-0.05, 0) is 91.1 Å². The maximum absolute atomic E-state index is 5.70. The van der Waals surface area contributed by atoms with Gasteiger partial charge in [-0.25, -0.2) is 0 Å². The summed E-state index contributed by atoms with van der Waals surface area (Å²) in [7, 11) is 9.21. The maximum atomic E-state index is 5.70. The topological polar surface area (TPSA) is 43.4 Å². The van der Waals surface area contributed by atoms with Crippen LogP contribution in [0.1, 0.15) is 60.5 Å². The maximum Gasteiger partial charge on any atom is 0.161 e. The highest BCUT2D eigenvalue weighted by Crippen LogP contribution is 2.49. The van der Waals surface area contributed by atoms with Crippen molar-refractivity contribution in [1.82, 2.24) is 9.80 Å². The molecule has 0 N–H and O–H groups in total. The molecule has 0 saturated carbocycles. The molecule has 5 rings (SSSR count). The summed E-state index contributed by atoms with van der Waals surface area (Å²) in [4.78, 5) is 5.28. The van der Waals surface area contributed by atoms with Crippen molar-refractivity contribution in [2.75, 3.05) is 55.1 Å². The Labute approximate surface area is 216 Å². The Bertz CT molecular complexity index is 1090. The van der Waals surface area contributed by atoms with Gasteiger partial charge in [-0.1, -0.05) is 13.3 Å². The first kappa shape index (κ1) is 25.2. The van der Waals surface area contributed by atoms with E-state index in [9.17, 15) is 0 Å². The standard InChI is InChI=1S/C30H42N2O4/c1-7-19-18-32-11-9-21-15-28(34-4)30(36-6)17-24(21)26(32)13-22(19)12-25-23-16-29(35-5)27(33-3)14-20(23)8-10-31(25)2/h14-17,19,22,25-26H,7-13,18H2,1-6H3/t19-,22?,25?,26-/m0/s1. The third-order valence-corrected chi connectivity index (χ3v) is 9.10. The molecule has 0 aromatic heterocycles. The SMILES string of the molecule is CC[C@H]1CN2CCc3cc(OC)c(OC)cc3[C@@H]2CC1CC1c2cc(OC)c(OC)cc2CCN1C. The number of ether oxygens (including phenoxy) is 4. The van der Waals surface area contributed by atoms with E-state index in [4.69, 9.17) is 18.9 Å². The third kappa shape index (κ3) is 4.43. The molecular weight excluding hydrogens is 452 g/mol. The van der Waals surface area contributed by atoms with Gasteiger partial charge in [-0.3, -0.25) is 9.80 Å². The number of rotatable bonds is 7. The van der Waals surface area contributed by atoms with Crippen molar-refractivity contribution in [2.24, 2.45) is 11.8 Å². The molecule has 36 heavy (non-hydrogen) atoms. The van der Waals surface area contributed by atoms with Gasteiger partial charge in [0.2, 0.25) is 0 Å². The second-order valence-electron chi connectivity index (χ2n) is 10.7. The van der Waals surface area contributed by atoms with E-state index in [1.807, 2.05) is 0 Å². The first-order valence-corrected chi connectivity index (χ1v) is 13.4. The van der Waals surface area contributed by atoms with Gasteiger partial charge < -0.3 is 18.9 Å². The molecule has 3 aliphatic rings. The lowest BCUT2D eigenvalue weighted by Crippen LogP contribution is -2.47. The molecule has 6 heteroatoms. The van der Waals surface area contributed by atoms with Crippen molar-refractivity contribution in [3.05, 3.63) is 46.5 Å². The van der Waals surface area contributed by atoms with Gasteiger partial charge >= 0.3 is 0 Å². The normalized spacial score (nSPS) is 25.9. The minimum absolute atomic E-state index is 0.396. The van der Waals surface area contributed by atoms with Crippen LogP contribution in [0.5, 0.6) is 23.0 Å². The summed E-state index contributed by atoms with van der Waals surface area (Å²) in [6.07, 6.45) is 5.71. The van der Waals surface area contributed by atoms with Crippen molar-refractivity contribution in [3.8, 4) is 23.0 Å². The lowest BCUT2D eigenvalue weighted by atomic mass is 9.72. The number of fused-ring (bicyclic) bond motifs is 4. The summed E-state index contributed by atoms with van der Waals surface area (Å²) in [6, 6.07) is 9.72. The molecule has 0 radical (unpaired) electrons. The van der Waals surface area contributed by atoms with Crippen LogP contribution in [0, 0.1) is 11.8 Å². The van der Waals surface area contributed by atoms with Crippen LogP contribution in [-0.2, 0) is 12.8 Å². The van der Waals surface area contributed by atoms with Gasteiger partial charge in [0.05, 0.1) is 28.4 Å². The van der Waals surface area contributed by atoms with E-state index in [2.05, 4.69) is 48.0 Å². The van der Waals surface area contributed by atoms with Crippen LogP contribution in [0.2, 0.25) is 0 Å². The fraction of sp³-hybridized carbons (Fsp3) is 0.600. The van der Waals surface area contributed by atoms with E-state index in [1.165, 1.54) is 48.1 Å². The van der Waals surface area contributed by atoms with Gasteiger partial charge in [-0.2, -0.15) is 0 Å². The number of likely N-dealkylation sites (N-methyl/N-ethyl adjacent to an activating group) is 1. The molecule has 1 saturated heterocycles. The second-order valence-corrected chi connectivity index (χ2v) is 10.7. The molecule has 0 bridgehead atoms. The van der Waals surface area contributed by atoms with Crippen LogP contribution in [0.15, 0.2) is 24.3 Å². The summed E-state index contributed by atoms with van der Waals surface area (Å²) in [6.45, 7) is 5.75. The molecule has 0 spiro atoms. The molecule has 196 valence electrons. The van der Waals surface area contributed by atoms with E-state index in [-0.39, 0.29) is 0 Å². The Morgan fingerprint density at radius 3 is 1.92 bits per heavy atom. The zero-order valence-corrected chi connectivity index (χ0v) is 22.8. The molecule has 3 heterocycles. The molecule has 1 fully saturated rings. The predicted molar refractivity (Wildman–Crippen MR) is 143 cm³/mol. The molecule has 2 aromatic carbocycles. The third-order valence-electron chi connectivity index (χ3n) is 9.10. The Morgan fingerprint density at radius 2 is 1.31 bits per heavy atom. The first-order chi connectivity index (χ1) is 17.5. The quantitative estimate of drug-likeness (QED) is 0.521. The summed E-state index contributed by atoms with van der Waals surface area (Å²) in [5.41, 5.74) is 5.66. The Morgan fingerprint density at radius 1 is 0.750 bits per heavy atom. The molecule has 4 atom stereocenters. The molecule has 2 unspecified atom stereocenters. The molecule has 0 aliphatic carbocycles. The fourth-order valence-corrected chi connectivity index (χ4v) is 7.00. The Hall–Kier alpha value is -2.44. The number of hydrogen-bond acceptors (Lipinski definition) is 6. The van der Waals surface area contributed by atoms with Crippen molar-refractivity contribution in [3.63, 3.8) is 0 Å². The molecule has 0 amide bonds. The van der Waals surface area contributed by atoms with Crippen molar-refractivity contribution >= 4 is 0 Å². The molecule has 6 nitrogen and oxygen atoms in total. The highest BCUT2D eigenvalue weighted by Gasteiger charge is 2.41. The van der Waals surface area contributed by atoms with E-state index in [0.717, 1.165) is 48.9 Å². The highest BCUT2D eigenvalue weighted by molar-refractivity contribution is 5.50. The number of nitrogens with zero attached hydrogens (tertiary/aromatic N) is 2. The lowest BCUT2D eigenvalue weighted by Gasteiger charge is -2.49. The van der Waals surface area contributed by atoms with Crippen molar-refractivity contribution < 1.29 is 18.9 Å². The van der Waals surface area contributed by atoms with Gasteiger partial charge in [0.1, 0.15) is 0 Å². The monoisotopic (exact) mass is 494 g/mol. The van der Waals surface area contributed by atoms with Crippen molar-refractivity contribution in [1.29, 1.82) is 0 Å². The van der Waals surface area contributed by atoms with Crippen LogP contribution in [-0.4, -0.2) is 64.9 Å². The van der Waals surface area contributed by atoms with Gasteiger partial charge in [0.15, 0.2) is 23.0 Å². The molecule has 3 aliphatic heterocycles. The summed E-state index contributed by atoms with van der Waals surface area (Å²) >= 11 is 0. The summed E-state index contributed by atoms with van der Waals surface area (Å²) in [5.74, 6) is 4.72. The molecular formula is C30H42N2O4. The zero-order chi connectivity index (χ0) is 25.4. The van der Waals surface area contributed by atoms with Crippen molar-refractivity contribution in [2.45, 2.75) is 51.1 Å². The summed E-state index contributed by atoms with van der Waals surface area (Å²) in [5, 5.41) is 0. The average molecular weight is 495 g/mol. The van der Waals surface area contributed by atoms with Crippen LogP contribution < -0.4 is 18.9 Å². The first-order valence-electron chi connectivity index (χ1n) is 13.4. The number of piperidine rings is 1. The van der Waals surface area contributed by atoms with E-state index in [1.54, 1.807) is 28.4 Å². The fourth-order valence-electron chi connectivity index (χ4n) is 7.00. The Balaban J connectivity index is 1.46. The van der Waals surface area contributed by atoms with E-state index >= 15 is 0 Å². The average Bonchev–Trinajstić information content (AvgIpc) is 2.92. The van der Waals surface area contributed by atoms with Gasteiger partial charge in [0.25, 0.3) is 0 Å². The van der Waals surface area contributed by atoms with Crippen LogP contribution in [0.25, 0.3) is 0 Å². The van der Waals surface area contributed by atoms with E-state index < -0.39 is 0 Å². The predicted octanol–water partition coefficient (Wildman–Crippen LogP) is 5.29. The minimum atomic E-state index is 0.396. The number of hydrogen-bond donors (Lipinski definition) is 0. The van der Waals surface area contributed by atoms with Crippen LogP contribution in [0.4, 0.5) is 0 Å². The van der Waals surface area contributed by atoms with Gasteiger partial charge in [0, 0.05) is 31.7 Å². The Kier molecular flexibility index (Phi) is 7.36. The van der Waals surface area contributed by atoms with E-state index in [0.29, 0.717) is 23.9 Å². The number of methoxy groups -OCH3 is 4. The largest absolute Gasteiger partial charge is 0.493 e. The minimum Gasteiger partial charge on any atom is -0.493 e. The lowest BCUT2D eigenvalue weighted by molar-refractivity contribution is 0.0340. The zero-order valence-electron chi connectivity index (χ0n) is 22.8. The van der Waals surface area contributed by atoms with Gasteiger partial charge in [-0.15, -0.1) is 0 Å². The highest BCUT2D eigenvalue weighted by atomic mass is 16.5. The smallest absolute Gasteiger partial charge is 0.161 e.